The molecule has 4 aromatic rings. The smallest absolute Gasteiger partial charge is 0.234 e. The fourth-order valence-corrected chi connectivity index (χ4v) is 4.58. The third kappa shape index (κ3) is 4.77. The zero-order valence-corrected chi connectivity index (χ0v) is 18.0. The van der Waals surface area contributed by atoms with Gasteiger partial charge < -0.3 is 9.73 Å². The van der Waals surface area contributed by atoms with Gasteiger partial charge in [0.2, 0.25) is 5.91 Å². The molecule has 0 aliphatic heterocycles. The zero-order valence-electron chi connectivity index (χ0n) is 16.3. The lowest BCUT2D eigenvalue weighted by Crippen LogP contribution is -2.15. The molecule has 4 rings (SSSR count). The number of benzene rings is 2. The Morgan fingerprint density at radius 3 is 2.60 bits per heavy atom. The molecule has 0 bridgehead atoms. The fourth-order valence-electron chi connectivity index (χ4n) is 2.86. The number of rotatable bonds is 8. The van der Waals surface area contributed by atoms with Crippen LogP contribution in [0.3, 0.4) is 0 Å². The molecule has 1 amide bonds. The Labute approximate surface area is 183 Å². The first-order chi connectivity index (χ1) is 14.7. The summed E-state index contributed by atoms with van der Waals surface area (Å²) in [6.45, 7) is 2.69. The van der Waals surface area contributed by atoms with Crippen molar-refractivity contribution >= 4 is 35.1 Å². The van der Waals surface area contributed by atoms with Gasteiger partial charge >= 0.3 is 0 Å². The maximum absolute atomic E-state index is 12.6. The summed E-state index contributed by atoms with van der Waals surface area (Å²) in [5, 5.41) is 12.1. The first-order valence-corrected chi connectivity index (χ1v) is 11.3. The van der Waals surface area contributed by atoms with E-state index in [4.69, 9.17) is 4.42 Å². The van der Waals surface area contributed by atoms with Gasteiger partial charge in [-0.25, -0.2) is 0 Å². The minimum absolute atomic E-state index is 0.0914. The molecule has 0 saturated heterocycles. The molecule has 0 atom stereocenters. The summed E-state index contributed by atoms with van der Waals surface area (Å²) in [5.41, 5.74) is 0.796. The van der Waals surface area contributed by atoms with Gasteiger partial charge in [0.05, 0.1) is 17.7 Å². The van der Waals surface area contributed by atoms with Crippen molar-refractivity contribution in [2.45, 2.75) is 28.4 Å². The van der Waals surface area contributed by atoms with Gasteiger partial charge in [-0.1, -0.05) is 53.9 Å². The number of hydrogen-bond donors (Lipinski definition) is 1. The van der Waals surface area contributed by atoms with Gasteiger partial charge in [-0.3, -0.25) is 9.36 Å². The molecule has 30 heavy (non-hydrogen) atoms. The van der Waals surface area contributed by atoms with Crippen LogP contribution in [0.15, 0.2) is 92.4 Å². The van der Waals surface area contributed by atoms with Crippen molar-refractivity contribution < 1.29 is 9.21 Å². The van der Waals surface area contributed by atoms with Gasteiger partial charge in [0.25, 0.3) is 0 Å². The van der Waals surface area contributed by atoms with Crippen LogP contribution in [-0.2, 0) is 11.3 Å². The second-order valence-electron chi connectivity index (χ2n) is 6.28. The van der Waals surface area contributed by atoms with Gasteiger partial charge in [-0.05, 0) is 43.3 Å². The van der Waals surface area contributed by atoms with Crippen LogP contribution < -0.4 is 5.32 Å². The molecular weight excluding hydrogens is 416 g/mol. The van der Waals surface area contributed by atoms with Crippen molar-refractivity contribution in [3.8, 4) is 11.6 Å². The van der Waals surface area contributed by atoms with Crippen LogP contribution in [0.1, 0.15) is 6.92 Å². The lowest BCUT2D eigenvalue weighted by Gasteiger charge is -2.11. The first-order valence-electron chi connectivity index (χ1n) is 9.46. The summed E-state index contributed by atoms with van der Waals surface area (Å²) in [4.78, 5) is 14.7. The number of nitrogens with zero attached hydrogens (tertiary/aromatic N) is 3. The number of thioether (sulfide) groups is 1. The molecule has 0 radical (unpaired) electrons. The lowest BCUT2D eigenvalue weighted by atomic mass is 10.3. The molecule has 2 aromatic heterocycles. The molecule has 0 saturated carbocycles. The minimum atomic E-state index is -0.0914. The van der Waals surface area contributed by atoms with E-state index in [1.165, 1.54) is 11.8 Å². The van der Waals surface area contributed by atoms with Crippen LogP contribution in [0.4, 0.5) is 5.69 Å². The van der Waals surface area contributed by atoms with Crippen molar-refractivity contribution in [2.75, 3.05) is 11.1 Å². The van der Waals surface area contributed by atoms with E-state index in [1.807, 2.05) is 78.2 Å². The number of hydrogen-bond acceptors (Lipinski definition) is 6. The van der Waals surface area contributed by atoms with Crippen LogP contribution in [0.2, 0.25) is 0 Å². The van der Waals surface area contributed by atoms with E-state index in [2.05, 4.69) is 15.5 Å². The Bertz CT molecular complexity index is 1110. The largest absolute Gasteiger partial charge is 0.461 e. The first kappa shape index (κ1) is 20.3. The summed E-state index contributed by atoms with van der Waals surface area (Å²) >= 11 is 2.98. The second kappa shape index (κ2) is 9.69. The minimum Gasteiger partial charge on any atom is -0.461 e. The van der Waals surface area contributed by atoms with E-state index in [9.17, 15) is 4.79 Å². The Morgan fingerprint density at radius 1 is 1.03 bits per heavy atom. The van der Waals surface area contributed by atoms with Gasteiger partial charge in [0, 0.05) is 16.3 Å². The molecule has 0 aliphatic carbocycles. The van der Waals surface area contributed by atoms with Crippen LogP contribution in [0.25, 0.3) is 11.6 Å². The molecule has 152 valence electrons. The van der Waals surface area contributed by atoms with Gasteiger partial charge in [-0.15, -0.1) is 10.2 Å². The Kier molecular flexibility index (Phi) is 6.56. The molecule has 0 unspecified atom stereocenters. The molecule has 0 fully saturated rings. The highest BCUT2D eigenvalue weighted by atomic mass is 32.2. The second-order valence-corrected chi connectivity index (χ2v) is 8.33. The molecule has 6 nitrogen and oxygen atoms in total. The number of carbonyl (C=O) groups excluding carboxylic acids is 1. The molecule has 8 heteroatoms. The summed E-state index contributed by atoms with van der Waals surface area (Å²) in [5.74, 6) is 1.47. The normalized spacial score (nSPS) is 10.8. The molecule has 0 aliphatic rings. The topological polar surface area (TPSA) is 73.0 Å². The Hall–Kier alpha value is -2.97. The van der Waals surface area contributed by atoms with Gasteiger partial charge in [0.1, 0.15) is 0 Å². The number of aromatic nitrogens is 3. The summed E-state index contributed by atoms with van der Waals surface area (Å²) < 4.78 is 7.37. The summed E-state index contributed by atoms with van der Waals surface area (Å²) in [6, 6.07) is 21.6. The average Bonchev–Trinajstić information content (AvgIpc) is 3.44. The maximum atomic E-state index is 12.6. The van der Waals surface area contributed by atoms with E-state index in [0.717, 1.165) is 15.5 Å². The van der Waals surface area contributed by atoms with E-state index in [0.29, 0.717) is 23.3 Å². The van der Waals surface area contributed by atoms with Crippen molar-refractivity contribution in [2.24, 2.45) is 0 Å². The predicted molar refractivity (Wildman–Crippen MR) is 120 cm³/mol. The summed E-state index contributed by atoms with van der Waals surface area (Å²) in [7, 11) is 0. The van der Waals surface area contributed by atoms with Crippen molar-refractivity contribution in [1.29, 1.82) is 0 Å². The van der Waals surface area contributed by atoms with Crippen molar-refractivity contribution in [1.82, 2.24) is 14.8 Å². The lowest BCUT2D eigenvalue weighted by molar-refractivity contribution is -0.113. The number of amides is 1. The number of furan rings is 1. The zero-order chi connectivity index (χ0) is 20.8. The van der Waals surface area contributed by atoms with Crippen LogP contribution >= 0.6 is 23.5 Å². The Morgan fingerprint density at radius 2 is 1.83 bits per heavy atom. The van der Waals surface area contributed by atoms with Gasteiger partial charge in [0.15, 0.2) is 16.7 Å². The summed E-state index contributed by atoms with van der Waals surface area (Å²) in [6.07, 6.45) is 1.61. The standard InChI is InChI=1S/C22H20N4O2S2/c1-2-26-21(18-12-8-14-28-18)24-25-22(26)29-15-20(27)23-17-11-6-7-13-19(17)30-16-9-4-3-5-10-16/h3-14H,2,15H2,1H3,(H,23,27). The SMILES string of the molecule is CCn1c(SCC(=O)Nc2ccccc2Sc2ccccc2)nnc1-c1ccco1. The fraction of sp³-hybridized carbons (Fsp3) is 0.136. The maximum Gasteiger partial charge on any atom is 0.234 e. The van der Waals surface area contributed by atoms with Crippen LogP contribution in [0, 0.1) is 0 Å². The third-order valence-corrected chi connectivity index (χ3v) is 6.29. The number of nitrogens with one attached hydrogen (secondary N) is 1. The average molecular weight is 437 g/mol. The Balaban J connectivity index is 1.42. The number of anilines is 1. The molecule has 1 N–H and O–H groups in total. The molecule has 2 aromatic carbocycles. The van der Waals surface area contributed by atoms with Crippen LogP contribution in [0.5, 0.6) is 0 Å². The van der Waals surface area contributed by atoms with Crippen molar-refractivity contribution in [3.05, 3.63) is 73.0 Å². The van der Waals surface area contributed by atoms with Gasteiger partial charge in [-0.2, -0.15) is 0 Å². The van der Waals surface area contributed by atoms with Crippen LogP contribution in [-0.4, -0.2) is 26.4 Å². The van der Waals surface area contributed by atoms with E-state index in [1.54, 1.807) is 18.0 Å². The van der Waals surface area contributed by atoms with E-state index in [-0.39, 0.29) is 11.7 Å². The van der Waals surface area contributed by atoms with E-state index >= 15 is 0 Å². The number of carbonyl (C=O) groups is 1. The molecular formula is C22H20N4O2S2. The monoisotopic (exact) mass is 436 g/mol. The highest BCUT2D eigenvalue weighted by molar-refractivity contribution is 8.00. The third-order valence-electron chi connectivity index (χ3n) is 4.24. The molecule has 0 spiro atoms. The highest BCUT2D eigenvalue weighted by Crippen LogP contribution is 2.33. The van der Waals surface area contributed by atoms with Crippen molar-refractivity contribution in [3.63, 3.8) is 0 Å². The van der Waals surface area contributed by atoms with E-state index < -0.39 is 0 Å². The predicted octanol–water partition coefficient (Wildman–Crippen LogP) is 5.44. The molecule has 2 heterocycles. The quantitative estimate of drug-likeness (QED) is 0.371. The highest BCUT2D eigenvalue weighted by Gasteiger charge is 2.16. The number of para-hydroxylation sites is 1.